The highest BCUT2D eigenvalue weighted by Crippen LogP contribution is 2.17. The molecule has 2 aromatic heterocycles. The van der Waals surface area contributed by atoms with E-state index in [4.69, 9.17) is 0 Å². The standard InChI is InChI=1S/C19H14BrN5O/c20-15-8-4-5-13(11-15)12-21-19(26)18-23-22-17-10-9-16(24-25(17)18)14-6-2-1-3-7-14/h1-11H,12H2,(H,21,26). The monoisotopic (exact) mass is 407 g/mol. The Morgan fingerprint density at radius 3 is 2.65 bits per heavy atom. The molecular formula is C19H14BrN5O. The van der Waals surface area contributed by atoms with E-state index in [1.807, 2.05) is 60.7 Å². The summed E-state index contributed by atoms with van der Waals surface area (Å²) in [6.45, 7) is 0.394. The van der Waals surface area contributed by atoms with Crippen molar-refractivity contribution in [3.63, 3.8) is 0 Å². The summed E-state index contributed by atoms with van der Waals surface area (Å²) in [7, 11) is 0. The molecule has 4 rings (SSSR count). The van der Waals surface area contributed by atoms with Crippen molar-refractivity contribution in [3.8, 4) is 11.3 Å². The molecule has 1 amide bonds. The number of halogens is 1. The topological polar surface area (TPSA) is 72.2 Å². The number of hydrogen-bond donors (Lipinski definition) is 1. The number of benzene rings is 2. The Kier molecular flexibility index (Phi) is 4.45. The minimum atomic E-state index is -0.324. The van der Waals surface area contributed by atoms with Crippen LogP contribution in [-0.2, 0) is 6.54 Å². The second-order valence-corrected chi connectivity index (χ2v) is 6.61. The third-order valence-corrected chi connectivity index (χ3v) is 4.37. The molecular weight excluding hydrogens is 394 g/mol. The smallest absolute Gasteiger partial charge is 0.291 e. The fourth-order valence-corrected chi connectivity index (χ4v) is 3.05. The van der Waals surface area contributed by atoms with Gasteiger partial charge in [0.05, 0.1) is 5.69 Å². The summed E-state index contributed by atoms with van der Waals surface area (Å²) in [6, 6.07) is 21.2. The summed E-state index contributed by atoms with van der Waals surface area (Å²) >= 11 is 3.42. The van der Waals surface area contributed by atoms with Gasteiger partial charge in [0, 0.05) is 16.6 Å². The first-order valence-electron chi connectivity index (χ1n) is 8.01. The van der Waals surface area contributed by atoms with Gasteiger partial charge in [0.15, 0.2) is 5.65 Å². The molecule has 0 bridgehead atoms. The number of rotatable bonds is 4. The van der Waals surface area contributed by atoms with Gasteiger partial charge in [-0.25, -0.2) is 0 Å². The predicted molar refractivity (Wildman–Crippen MR) is 102 cm³/mol. The quantitative estimate of drug-likeness (QED) is 0.561. The van der Waals surface area contributed by atoms with Gasteiger partial charge in [-0.15, -0.1) is 10.2 Å². The van der Waals surface area contributed by atoms with Gasteiger partial charge in [0.2, 0.25) is 5.82 Å². The number of carbonyl (C=O) groups excluding carboxylic acids is 1. The third kappa shape index (κ3) is 3.34. The van der Waals surface area contributed by atoms with Gasteiger partial charge >= 0.3 is 0 Å². The van der Waals surface area contributed by atoms with Crippen LogP contribution in [0, 0.1) is 0 Å². The largest absolute Gasteiger partial charge is 0.345 e. The van der Waals surface area contributed by atoms with Gasteiger partial charge in [-0.05, 0) is 29.8 Å². The van der Waals surface area contributed by atoms with Crippen LogP contribution in [0.3, 0.4) is 0 Å². The molecule has 26 heavy (non-hydrogen) atoms. The third-order valence-electron chi connectivity index (χ3n) is 3.88. The van der Waals surface area contributed by atoms with Crippen molar-refractivity contribution in [2.75, 3.05) is 0 Å². The molecule has 0 saturated carbocycles. The van der Waals surface area contributed by atoms with Gasteiger partial charge in [0.1, 0.15) is 0 Å². The van der Waals surface area contributed by atoms with Crippen molar-refractivity contribution in [2.24, 2.45) is 0 Å². The van der Waals surface area contributed by atoms with Crippen LogP contribution in [0.25, 0.3) is 16.9 Å². The number of nitrogens with one attached hydrogen (secondary N) is 1. The van der Waals surface area contributed by atoms with Gasteiger partial charge in [-0.2, -0.15) is 9.61 Å². The number of amides is 1. The Balaban J connectivity index is 1.60. The van der Waals surface area contributed by atoms with E-state index < -0.39 is 0 Å². The molecule has 0 spiro atoms. The maximum absolute atomic E-state index is 12.5. The van der Waals surface area contributed by atoms with Crippen molar-refractivity contribution in [2.45, 2.75) is 6.54 Å². The zero-order chi connectivity index (χ0) is 17.9. The second kappa shape index (κ2) is 7.05. The SMILES string of the molecule is O=C(NCc1cccc(Br)c1)c1nnc2ccc(-c3ccccc3)nn12. The molecule has 0 atom stereocenters. The Morgan fingerprint density at radius 2 is 1.85 bits per heavy atom. The Labute approximate surface area is 158 Å². The molecule has 2 aromatic carbocycles. The van der Waals surface area contributed by atoms with Crippen LogP contribution in [0.1, 0.15) is 16.2 Å². The van der Waals surface area contributed by atoms with Crippen LogP contribution in [-0.4, -0.2) is 25.7 Å². The molecule has 0 fully saturated rings. The highest BCUT2D eigenvalue weighted by atomic mass is 79.9. The summed E-state index contributed by atoms with van der Waals surface area (Å²) in [5, 5.41) is 15.4. The first-order chi connectivity index (χ1) is 12.7. The lowest BCUT2D eigenvalue weighted by Crippen LogP contribution is -2.25. The molecule has 6 nitrogen and oxygen atoms in total. The normalized spacial score (nSPS) is 10.8. The minimum absolute atomic E-state index is 0.160. The maximum atomic E-state index is 12.5. The Bertz CT molecular complexity index is 1080. The van der Waals surface area contributed by atoms with Crippen molar-refractivity contribution >= 4 is 27.5 Å². The van der Waals surface area contributed by atoms with E-state index >= 15 is 0 Å². The lowest BCUT2D eigenvalue weighted by atomic mass is 10.1. The molecule has 0 unspecified atom stereocenters. The second-order valence-electron chi connectivity index (χ2n) is 5.69. The molecule has 0 saturated heterocycles. The molecule has 0 radical (unpaired) electrons. The van der Waals surface area contributed by atoms with Crippen molar-refractivity contribution in [1.29, 1.82) is 0 Å². The fraction of sp³-hybridized carbons (Fsp3) is 0.0526. The van der Waals surface area contributed by atoms with E-state index in [9.17, 15) is 4.79 Å². The number of aromatic nitrogens is 4. The highest BCUT2D eigenvalue weighted by Gasteiger charge is 2.16. The Hall–Kier alpha value is -3.06. The number of nitrogens with zero attached hydrogens (tertiary/aromatic N) is 4. The van der Waals surface area contributed by atoms with Crippen molar-refractivity contribution < 1.29 is 4.79 Å². The van der Waals surface area contributed by atoms with Gasteiger partial charge in [-0.3, -0.25) is 4.79 Å². The average Bonchev–Trinajstić information content (AvgIpc) is 3.10. The number of carbonyl (C=O) groups is 1. The molecule has 7 heteroatoms. The van der Waals surface area contributed by atoms with E-state index in [0.717, 1.165) is 21.3 Å². The number of fused-ring (bicyclic) bond motifs is 1. The molecule has 0 aliphatic rings. The minimum Gasteiger partial charge on any atom is -0.345 e. The van der Waals surface area contributed by atoms with E-state index in [1.54, 1.807) is 6.07 Å². The lowest BCUT2D eigenvalue weighted by molar-refractivity contribution is 0.0938. The Morgan fingerprint density at radius 1 is 1.00 bits per heavy atom. The van der Waals surface area contributed by atoms with E-state index in [0.29, 0.717) is 12.2 Å². The van der Waals surface area contributed by atoms with E-state index in [1.165, 1.54) is 4.52 Å². The van der Waals surface area contributed by atoms with Crippen molar-refractivity contribution in [3.05, 3.63) is 82.6 Å². The van der Waals surface area contributed by atoms with Crippen LogP contribution in [0.2, 0.25) is 0 Å². The van der Waals surface area contributed by atoms with Crippen LogP contribution in [0.5, 0.6) is 0 Å². The predicted octanol–water partition coefficient (Wildman–Crippen LogP) is 3.48. The van der Waals surface area contributed by atoms with Gasteiger partial charge in [-0.1, -0.05) is 58.4 Å². The zero-order valence-corrected chi connectivity index (χ0v) is 15.2. The molecule has 4 aromatic rings. The fourth-order valence-electron chi connectivity index (χ4n) is 2.60. The van der Waals surface area contributed by atoms with Crippen LogP contribution in [0.15, 0.2) is 71.2 Å². The van der Waals surface area contributed by atoms with Crippen LogP contribution < -0.4 is 5.32 Å². The average molecular weight is 408 g/mol. The molecule has 2 heterocycles. The number of hydrogen-bond acceptors (Lipinski definition) is 4. The van der Waals surface area contributed by atoms with Crippen LogP contribution >= 0.6 is 15.9 Å². The first kappa shape index (κ1) is 16.4. The van der Waals surface area contributed by atoms with Gasteiger partial charge in [0.25, 0.3) is 5.91 Å². The summed E-state index contributed by atoms with van der Waals surface area (Å²) in [6.07, 6.45) is 0. The van der Waals surface area contributed by atoms with Gasteiger partial charge < -0.3 is 5.32 Å². The first-order valence-corrected chi connectivity index (χ1v) is 8.80. The van der Waals surface area contributed by atoms with E-state index in [-0.39, 0.29) is 11.7 Å². The molecule has 0 aliphatic heterocycles. The lowest BCUT2D eigenvalue weighted by Gasteiger charge is -2.05. The summed E-state index contributed by atoms with van der Waals surface area (Å²) < 4.78 is 2.44. The molecule has 0 aliphatic carbocycles. The maximum Gasteiger partial charge on any atom is 0.291 e. The van der Waals surface area contributed by atoms with Crippen LogP contribution in [0.4, 0.5) is 0 Å². The summed E-state index contributed by atoms with van der Waals surface area (Å²) in [4.78, 5) is 12.5. The summed E-state index contributed by atoms with van der Waals surface area (Å²) in [5.41, 5.74) is 3.22. The van der Waals surface area contributed by atoms with Crippen molar-refractivity contribution in [1.82, 2.24) is 25.1 Å². The van der Waals surface area contributed by atoms with E-state index in [2.05, 4.69) is 36.5 Å². The summed E-state index contributed by atoms with van der Waals surface area (Å²) in [5.74, 6) is -0.164. The highest BCUT2D eigenvalue weighted by molar-refractivity contribution is 9.10. The molecule has 128 valence electrons. The molecule has 1 N–H and O–H groups in total. The zero-order valence-electron chi connectivity index (χ0n) is 13.6.